The van der Waals surface area contributed by atoms with Crippen LogP contribution in [0.1, 0.15) is 110 Å². The molecule has 2 fully saturated rings. The van der Waals surface area contributed by atoms with Gasteiger partial charge in [-0.3, -0.25) is 19.2 Å². The molecule has 1 aromatic heterocycles. The quantitative estimate of drug-likeness (QED) is 0.0229. The second-order valence-corrected chi connectivity index (χ2v) is 27.0. The third-order valence-electron chi connectivity index (χ3n) is 15.7. The van der Waals surface area contributed by atoms with Gasteiger partial charge in [-0.15, -0.1) is 5.10 Å². The van der Waals surface area contributed by atoms with Crippen LogP contribution >= 0.6 is 11.8 Å². The van der Waals surface area contributed by atoms with Gasteiger partial charge in [-0.1, -0.05) is 110 Å². The van der Waals surface area contributed by atoms with Crippen LogP contribution in [0.15, 0.2) is 130 Å². The molecule has 4 aliphatic rings. The lowest BCUT2D eigenvalue weighted by Crippen LogP contribution is -2.47. The molecule has 6 bridgehead atoms. The molecule has 2 unspecified atom stereocenters. The zero-order valence-electron chi connectivity index (χ0n) is 47.0. The van der Waals surface area contributed by atoms with E-state index in [1.54, 1.807) is 67.6 Å². The molecule has 0 spiro atoms. The fourth-order valence-corrected chi connectivity index (χ4v) is 15.8. The second kappa shape index (κ2) is 26.6. The number of aromatic nitrogens is 3. The summed E-state index contributed by atoms with van der Waals surface area (Å²) in [5, 5.41) is 36.6. The average Bonchev–Trinajstić information content (AvgIpc) is 4.07. The van der Waals surface area contributed by atoms with Crippen molar-refractivity contribution in [3.8, 4) is 0 Å². The molecule has 83 heavy (non-hydrogen) atoms. The van der Waals surface area contributed by atoms with E-state index in [-0.39, 0.29) is 76.3 Å². The van der Waals surface area contributed by atoms with Crippen LogP contribution in [-0.2, 0) is 47.2 Å². The van der Waals surface area contributed by atoms with Crippen molar-refractivity contribution in [1.29, 1.82) is 0 Å². The van der Waals surface area contributed by atoms with E-state index in [0.717, 1.165) is 42.3 Å². The molecule has 5 amide bonds. The number of carbonyl (C=O) groups is 5. The van der Waals surface area contributed by atoms with Gasteiger partial charge >= 0.3 is 6.03 Å². The second-order valence-electron chi connectivity index (χ2n) is 21.9. The highest BCUT2D eigenvalue weighted by atomic mass is 32.2. The first kappa shape index (κ1) is 60.4. The highest BCUT2D eigenvalue weighted by Crippen LogP contribution is 2.40. The van der Waals surface area contributed by atoms with E-state index < -0.39 is 56.4 Å². The first-order chi connectivity index (χ1) is 39.8. The van der Waals surface area contributed by atoms with E-state index in [2.05, 4.69) is 36.9 Å². The van der Waals surface area contributed by atoms with Crippen molar-refractivity contribution in [2.45, 2.75) is 134 Å². The van der Waals surface area contributed by atoms with E-state index >= 15 is 0 Å². The molecular formula is C60H72N10O10S3. The zero-order chi connectivity index (χ0) is 59.0. The normalized spacial score (nSPS) is 19.9. The van der Waals surface area contributed by atoms with Crippen molar-refractivity contribution in [1.82, 2.24) is 45.9 Å². The van der Waals surface area contributed by atoms with E-state index in [1.807, 2.05) is 55.9 Å². The average molecular weight is 1190 g/mol. The number of unbranched alkanes of at least 4 members (excludes halogenated alkanes) is 3. The van der Waals surface area contributed by atoms with Crippen LogP contribution in [0.5, 0.6) is 0 Å². The summed E-state index contributed by atoms with van der Waals surface area (Å²) in [7, 11) is -4.92. The first-order valence-corrected chi connectivity index (χ1v) is 32.1. The number of rotatable bonds is 24. The molecule has 0 aliphatic carbocycles. The molecule has 0 radical (unpaired) electrons. The Hall–Kier alpha value is -7.18. The Kier molecular flexibility index (Phi) is 19.4. The number of aliphatic hydroxyl groups is 1. The smallest absolute Gasteiger partial charge is 0.315 e. The Morgan fingerprint density at radius 3 is 2.30 bits per heavy atom. The Bertz CT molecular complexity index is 3570. The fraction of sp³-hybridized carbons (Fsp3) is 0.417. The molecule has 5 aromatic carbocycles. The summed E-state index contributed by atoms with van der Waals surface area (Å²) >= 11 is 1.86. The van der Waals surface area contributed by atoms with Crippen LogP contribution in [-0.4, -0.2) is 140 Å². The summed E-state index contributed by atoms with van der Waals surface area (Å²) in [6, 6.07) is 28.0. The Labute approximate surface area is 488 Å². The van der Waals surface area contributed by atoms with E-state index in [1.165, 1.54) is 39.4 Å². The van der Waals surface area contributed by atoms with Gasteiger partial charge in [0.25, 0.3) is 0 Å². The number of nitrogens with zero attached hydrogens (tertiary/aromatic N) is 5. The van der Waals surface area contributed by atoms with Crippen molar-refractivity contribution in [2.75, 3.05) is 44.4 Å². The molecule has 440 valence electrons. The molecule has 5 heterocycles. The van der Waals surface area contributed by atoms with Crippen LogP contribution in [0.4, 0.5) is 10.5 Å². The lowest BCUT2D eigenvalue weighted by molar-refractivity contribution is -0.129. The van der Waals surface area contributed by atoms with Crippen LogP contribution < -0.4 is 31.5 Å². The number of hydrogen-bond donors (Lipinski definition) is 6. The zero-order valence-corrected chi connectivity index (χ0v) is 49.4. The van der Waals surface area contributed by atoms with Crippen LogP contribution in [0.3, 0.4) is 0 Å². The maximum absolute atomic E-state index is 14.7. The molecule has 23 heteroatoms. The number of thioether (sulfide) groups is 1. The summed E-state index contributed by atoms with van der Waals surface area (Å²) in [4.78, 5) is 66.4. The standard InChI is InChI=1S/C60H72N10O10S3/c1-38-34-69(83(79,80)45-18-13-17-44(32-45)82(77,78)53-21-14-19-48-47(53)29-28-46(38)57(48)68(3)4)36-51(71)39(2)70-35-43(66-67-70)33-62-59(75)49(31-40-24-26-42(27-25-40)58(74)41-15-7-5-8-16-41)63-55(73)23-9-6-12-30-61-54(72)22-11-10-20-52-56-50(37-81-52)64-60(76)65-56/h5,7-8,13-19,21,24-29,32,35,38-39,49-52,56,71H,6,9-12,20,22-23,30-31,33-34,36-37H2,1-4H3,(H,61,72)(H,62,75)(H,63,73)(H2,64,65,76)/t38?,39-,49-,50-,51?,52-,56-/m0/s1. The maximum Gasteiger partial charge on any atom is 0.315 e. The van der Waals surface area contributed by atoms with Crippen LogP contribution in [0.25, 0.3) is 10.8 Å². The summed E-state index contributed by atoms with van der Waals surface area (Å²) in [6.07, 6.45) is 5.30. The van der Waals surface area contributed by atoms with Gasteiger partial charge in [0.1, 0.15) is 11.7 Å². The van der Waals surface area contributed by atoms with Crippen molar-refractivity contribution in [3.63, 3.8) is 0 Å². The van der Waals surface area contributed by atoms with Gasteiger partial charge in [-0.05, 0) is 73.9 Å². The molecule has 20 nitrogen and oxygen atoms in total. The third-order valence-corrected chi connectivity index (χ3v) is 20.9. The van der Waals surface area contributed by atoms with Gasteiger partial charge in [0, 0.05) is 91.6 Å². The predicted molar refractivity (Wildman–Crippen MR) is 317 cm³/mol. The molecule has 0 saturated carbocycles. The fourth-order valence-electron chi connectivity index (χ4n) is 11.1. The molecule has 6 N–H and O–H groups in total. The number of nitrogens with one attached hydrogen (secondary N) is 5. The summed E-state index contributed by atoms with van der Waals surface area (Å²) in [6.45, 7) is 3.45. The number of hydrogen-bond acceptors (Lipinski definition) is 14. The minimum absolute atomic E-state index is 0.0201. The van der Waals surface area contributed by atoms with Crippen molar-refractivity contribution in [2.24, 2.45) is 0 Å². The minimum atomic E-state index is -4.42. The number of sulfonamides is 1. The van der Waals surface area contributed by atoms with E-state index in [0.29, 0.717) is 70.6 Å². The number of aliphatic hydroxyl groups excluding tert-OH is 1. The number of urea groups is 1. The third kappa shape index (κ3) is 14.3. The summed E-state index contributed by atoms with van der Waals surface area (Å²) in [5.41, 5.74) is 3.54. The van der Waals surface area contributed by atoms with Gasteiger partial charge < -0.3 is 36.6 Å². The molecule has 6 aromatic rings. The monoisotopic (exact) mass is 1190 g/mol. The highest BCUT2D eigenvalue weighted by molar-refractivity contribution is 8.00. The number of carbonyl (C=O) groups excluding carboxylic acids is 5. The number of fused-ring (bicyclic) bond motifs is 5. The largest absolute Gasteiger partial charge is 0.390 e. The number of sulfone groups is 1. The van der Waals surface area contributed by atoms with Crippen molar-refractivity contribution < 1.29 is 45.9 Å². The summed E-state index contributed by atoms with van der Waals surface area (Å²) in [5.74, 6) is -0.549. The van der Waals surface area contributed by atoms with Crippen LogP contribution in [0, 0.1) is 0 Å². The van der Waals surface area contributed by atoms with Crippen LogP contribution in [0.2, 0.25) is 0 Å². The lowest BCUT2D eigenvalue weighted by Gasteiger charge is -2.31. The van der Waals surface area contributed by atoms with E-state index in [4.69, 9.17) is 0 Å². The number of amides is 5. The molecule has 7 atom stereocenters. The SMILES string of the molecule is CC1CN(CC(O)[C@H](C)n2cc(CNC(=O)[C@H](Cc3ccc(C(=O)c4ccccc4)cc3)NC(=O)CCCCCNC(=O)CCCC[C@@H]3SC[C@@H]4NC(=O)N[C@@H]43)nn2)S(=O)(=O)c2cccc(c2)S(=O)(=O)c2cccc3c(N(C)C)c1ccc23. The van der Waals surface area contributed by atoms with Gasteiger partial charge in [0.15, 0.2) is 5.78 Å². The molecular weight excluding hydrogens is 1120 g/mol. The van der Waals surface area contributed by atoms with Gasteiger partial charge in [-0.2, -0.15) is 16.1 Å². The maximum atomic E-state index is 14.7. The first-order valence-electron chi connectivity index (χ1n) is 28.2. The van der Waals surface area contributed by atoms with Gasteiger partial charge in [0.05, 0.1) is 51.7 Å². The molecule has 4 aliphatic heterocycles. The molecule has 2 saturated heterocycles. The van der Waals surface area contributed by atoms with Crippen molar-refractivity contribution >= 4 is 77.6 Å². The Morgan fingerprint density at radius 1 is 0.807 bits per heavy atom. The van der Waals surface area contributed by atoms with Gasteiger partial charge in [-0.25, -0.2) is 26.3 Å². The number of ketones is 1. The number of benzene rings is 5. The highest BCUT2D eigenvalue weighted by Gasteiger charge is 2.42. The predicted octanol–water partition coefficient (Wildman–Crippen LogP) is 6.04. The van der Waals surface area contributed by atoms with Crippen molar-refractivity contribution in [3.05, 3.63) is 143 Å². The Morgan fingerprint density at radius 2 is 1.53 bits per heavy atom. The number of anilines is 1. The summed E-state index contributed by atoms with van der Waals surface area (Å²) < 4.78 is 60.5. The Balaban J connectivity index is 0.814. The van der Waals surface area contributed by atoms with E-state index in [9.17, 15) is 45.9 Å². The molecule has 10 rings (SSSR count). The minimum Gasteiger partial charge on any atom is -0.390 e. The van der Waals surface area contributed by atoms with Gasteiger partial charge in [0.2, 0.25) is 37.6 Å². The topological polar surface area (TPSA) is 271 Å². The lowest BCUT2D eigenvalue weighted by atomic mass is 9.94.